The van der Waals surface area contributed by atoms with Gasteiger partial charge in [-0.2, -0.15) is 0 Å². The van der Waals surface area contributed by atoms with Gasteiger partial charge >= 0.3 is 33.3 Å². The van der Waals surface area contributed by atoms with Crippen molar-refractivity contribution >= 4 is 42.3 Å². The maximum atomic E-state index is 4.97. The number of aromatic nitrogens is 4. The number of hydrogen-bond donors (Lipinski definition) is 0. The second-order valence-electron chi connectivity index (χ2n) is 8.10. The van der Waals surface area contributed by atoms with E-state index in [1.807, 2.05) is 12.1 Å². The van der Waals surface area contributed by atoms with E-state index in [2.05, 4.69) is 128 Å². The fourth-order valence-corrected chi connectivity index (χ4v) is 4.60. The first-order chi connectivity index (χ1) is 17.1. The molecule has 0 aliphatic rings. The van der Waals surface area contributed by atoms with Crippen molar-refractivity contribution in [2.75, 3.05) is 0 Å². The summed E-state index contributed by atoms with van der Waals surface area (Å²) in [6.07, 6.45) is 0. The van der Waals surface area contributed by atoms with Gasteiger partial charge in [0.1, 0.15) is 11.6 Å². The molecule has 179 valence electrons. The van der Waals surface area contributed by atoms with Crippen LogP contribution < -0.4 is 0 Å². The van der Waals surface area contributed by atoms with E-state index in [1.165, 1.54) is 0 Å². The summed E-state index contributed by atoms with van der Waals surface area (Å²) in [6.45, 7) is 0. The zero-order valence-corrected chi connectivity index (χ0v) is 21.5. The van der Waals surface area contributed by atoms with E-state index in [0.717, 1.165) is 69.1 Å². The first-order valence-electron chi connectivity index (χ1n) is 11.0. The second-order valence-corrected chi connectivity index (χ2v) is 9.66. The summed E-state index contributed by atoms with van der Waals surface area (Å²) >= 11 is 0.757. The van der Waals surface area contributed by atoms with Gasteiger partial charge in [0.05, 0.1) is 22.1 Å². The third-order valence-electron chi connectivity index (χ3n) is 6.20. The molecule has 0 spiro atoms. The summed E-state index contributed by atoms with van der Waals surface area (Å²) in [4.78, 5) is 9.93. The SMILES string of the molecule is Cn1c(-c2ccccc2-c2ccccc2-c2nc3ccccc3n2C)nc2ccccc21.[Cl][Cu][Cl]. The van der Waals surface area contributed by atoms with Gasteiger partial charge in [0.15, 0.2) is 0 Å². The molecule has 0 aliphatic carbocycles. The van der Waals surface area contributed by atoms with E-state index in [4.69, 9.17) is 9.97 Å². The van der Waals surface area contributed by atoms with E-state index in [1.54, 1.807) is 0 Å². The molecule has 0 unspecified atom stereocenters. The van der Waals surface area contributed by atoms with Gasteiger partial charge in [-0.3, -0.25) is 0 Å². The van der Waals surface area contributed by atoms with Crippen LogP contribution in [0, 0.1) is 0 Å². The molecular formula is C28H22Cl2CuN4. The average molecular weight is 549 g/mol. The zero-order valence-electron chi connectivity index (χ0n) is 19.1. The van der Waals surface area contributed by atoms with Crippen molar-refractivity contribution in [2.24, 2.45) is 14.1 Å². The predicted octanol–water partition coefficient (Wildman–Crippen LogP) is 7.84. The number of aryl methyl sites for hydroxylation is 2. The monoisotopic (exact) mass is 547 g/mol. The van der Waals surface area contributed by atoms with Crippen molar-refractivity contribution in [3.63, 3.8) is 0 Å². The van der Waals surface area contributed by atoms with Gasteiger partial charge < -0.3 is 9.13 Å². The van der Waals surface area contributed by atoms with E-state index >= 15 is 0 Å². The normalized spacial score (nSPS) is 11.1. The molecule has 35 heavy (non-hydrogen) atoms. The van der Waals surface area contributed by atoms with Gasteiger partial charge in [0.2, 0.25) is 0 Å². The Morgan fingerprint density at radius 1 is 0.514 bits per heavy atom. The van der Waals surface area contributed by atoms with E-state index in [0.29, 0.717) is 0 Å². The van der Waals surface area contributed by atoms with Crippen LogP contribution in [-0.4, -0.2) is 19.1 Å². The fourth-order valence-electron chi connectivity index (χ4n) is 4.60. The fraction of sp³-hybridized carbons (Fsp3) is 0.0714. The summed E-state index contributed by atoms with van der Waals surface area (Å²) in [5, 5.41) is 0. The Morgan fingerprint density at radius 2 is 0.829 bits per heavy atom. The van der Waals surface area contributed by atoms with Crippen molar-refractivity contribution < 1.29 is 13.1 Å². The molecule has 6 aromatic rings. The number of fused-ring (bicyclic) bond motifs is 2. The summed E-state index contributed by atoms with van der Waals surface area (Å²) in [7, 11) is 13.5. The van der Waals surface area contributed by atoms with Gasteiger partial charge in [0.25, 0.3) is 0 Å². The molecular weight excluding hydrogens is 527 g/mol. The molecule has 4 nitrogen and oxygen atoms in total. The van der Waals surface area contributed by atoms with Crippen LogP contribution in [0.5, 0.6) is 0 Å². The molecule has 0 bridgehead atoms. The van der Waals surface area contributed by atoms with Crippen LogP contribution in [0.15, 0.2) is 97.1 Å². The molecule has 0 saturated heterocycles. The van der Waals surface area contributed by atoms with Crippen molar-refractivity contribution in [3.8, 4) is 33.9 Å². The van der Waals surface area contributed by atoms with Crippen LogP contribution in [0.3, 0.4) is 0 Å². The van der Waals surface area contributed by atoms with Crippen LogP contribution >= 0.6 is 20.2 Å². The number of imidazole rings is 2. The molecule has 0 N–H and O–H groups in total. The van der Waals surface area contributed by atoms with Gasteiger partial charge in [-0.25, -0.2) is 9.97 Å². The molecule has 4 aromatic carbocycles. The van der Waals surface area contributed by atoms with Crippen molar-refractivity contribution in [1.29, 1.82) is 0 Å². The molecule has 2 aromatic heterocycles. The second kappa shape index (κ2) is 10.3. The Hall–Kier alpha value is -3.08. The van der Waals surface area contributed by atoms with Gasteiger partial charge in [-0.1, -0.05) is 72.8 Å². The number of para-hydroxylation sites is 4. The van der Waals surface area contributed by atoms with Crippen LogP contribution in [0.2, 0.25) is 0 Å². The van der Waals surface area contributed by atoms with Crippen molar-refractivity contribution in [3.05, 3.63) is 97.1 Å². The first-order valence-corrected chi connectivity index (χ1v) is 13.6. The van der Waals surface area contributed by atoms with Gasteiger partial charge in [-0.15, -0.1) is 0 Å². The molecule has 6 rings (SSSR count). The van der Waals surface area contributed by atoms with Gasteiger partial charge in [0, 0.05) is 25.2 Å². The van der Waals surface area contributed by atoms with E-state index in [-0.39, 0.29) is 0 Å². The summed E-state index contributed by atoms with van der Waals surface area (Å²) < 4.78 is 4.34. The van der Waals surface area contributed by atoms with Crippen LogP contribution in [0.1, 0.15) is 0 Å². The number of halogens is 2. The third kappa shape index (κ3) is 4.37. The minimum atomic E-state index is 0.757. The van der Waals surface area contributed by atoms with E-state index < -0.39 is 0 Å². The summed E-state index contributed by atoms with van der Waals surface area (Å²) in [6, 6.07) is 33.5. The molecule has 0 radical (unpaired) electrons. The maximum absolute atomic E-state index is 4.97. The van der Waals surface area contributed by atoms with E-state index in [9.17, 15) is 0 Å². The van der Waals surface area contributed by atoms with Crippen LogP contribution in [-0.2, 0) is 27.2 Å². The Balaban J connectivity index is 0.000000806. The molecule has 0 saturated carbocycles. The quantitative estimate of drug-likeness (QED) is 0.211. The first kappa shape index (κ1) is 23.7. The Kier molecular flexibility index (Phi) is 6.94. The van der Waals surface area contributed by atoms with Crippen LogP contribution in [0.4, 0.5) is 0 Å². The standard InChI is InChI=1S/C28H22N4.2ClH.Cu/c1-31-25-17-9-7-15-23(25)29-27(31)21-13-5-3-11-19(21)20-12-4-6-14-22(20)28-30-24-16-8-10-18-26(24)32(28)2;;;/h3-18H,1-2H3;2*1H;/q;;;+2/p-2. The minimum absolute atomic E-state index is 0.757. The number of rotatable bonds is 3. The number of nitrogens with zero attached hydrogens (tertiary/aromatic N) is 4. The van der Waals surface area contributed by atoms with Crippen molar-refractivity contribution in [1.82, 2.24) is 19.1 Å². The molecule has 2 heterocycles. The van der Waals surface area contributed by atoms with Crippen LogP contribution in [0.25, 0.3) is 56.0 Å². The molecule has 0 atom stereocenters. The Labute approximate surface area is 218 Å². The molecule has 0 amide bonds. The van der Waals surface area contributed by atoms with Crippen molar-refractivity contribution in [2.45, 2.75) is 0 Å². The zero-order chi connectivity index (χ0) is 24.4. The Morgan fingerprint density at radius 3 is 1.20 bits per heavy atom. The molecule has 7 heteroatoms. The number of hydrogen-bond acceptors (Lipinski definition) is 2. The summed E-state index contributed by atoms with van der Waals surface area (Å²) in [5.74, 6) is 1.92. The topological polar surface area (TPSA) is 35.6 Å². The predicted molar refractivity (Wildman–Crippen MR) is 143 cm³/mol. The summed E-state index contributed by atoms with van der Waals surface area (Å²) in [5.41, 5.74) is 8.77. The Bertz CT molecular complexity index is 1520. The number of benzene rings is 4. The third-order valence-corrected chi connectivity index (χ3v) is 6.20. The average Bonchev–Trinajstić information content (AvgIpc) is 3.41. The van der Waals surface area contributed by atoms with Gasteiger partial charge in [-0.05, 0) is 35.4 Å². The molecule has 0 fully saturated rings. The molecule has 0 aliphatic heterocycles.